The van der Waals surface area contributed by atoms with E-state index in [1.54, 1.807) is 11.3 Å². The summed E-state index contributed by atoms with van der Waals surface area (Å²) >= 11 is 1.72. The zero-order valence-corrected chi connectivity index (χ0v) is 8.14. The van der Waals surface area contributed by atoms with Crippen LogP contribution in [0.3, 0.4) is 0 Å². The van der Waals surface area contributed by atoms with Crippen molar-refractivity contribution >= 4 is 11.3 Å². The molecule has 0 fully saturated rings. The van der Waals surface area contributed by atoms with E-state index in [2.05, 4.69) is 18.4 Å². The summed E-state index contributed by atoms with van der Waals surface area (Å²) in [4.78, 5) is 1.27. The maximum Gasteiger partial charge on any atom is 0.0813 e. The Morgan fingerprint density at radius 1 is 1.67 bits per heavy atom. The number of rotatable bonds is 5. The van der Waals surface area contributed by atoms with Crippen LogP contribution in [0.4, 0.5) is 0 Å². The lowest BCUT2D eigenvalue weighted by atomic mass is 10.3. The van der Waals surface area contributed by atoms with E-state index >= 15 is 0 Å². The van der Waals surface area contributed by atoms with Crippen molar-refractivity contribution in [1.29, 1.82) is 0 Å². The number of nitrogens with two attached hydrogens (primary N) is 1. The minimum Gasteiger partial charge on any atom is -0.371 e. The quantitative estimate of drug-likeness (QED) is 0.761. The van der Waals surface area contributed by atoms with Gasteiger partial charge in [0.25, 0.3) is 0 Å². The third kappa shape index (κ3) is 2.93. The molecule has 0 spiro atoms. The minimum absolute atomic E-state index is 0.215. The molecule has 1 rings (SSSR count). The van der Waals surface area contributed by atoms with E-state index in [-0.39, 0.29) is 6.10 Å². The van der Waals surface area contributed by atoms with E-state index in [1.165, 1.54) is 4.88 Å². The van der Waals surface area contributed by atoms with Gasteiger partial charge in [0.15, 0.2) is 0 Å². The first-order chi connectivity index (χ1) is 5.86. The zero-order chi connectivity index (χ0) is 8.81. The fourth-order valence-electron chi connectivity index (χ4n) is 0.947. The van der Waals surface area contributed by atoms with Crippen LogP contribution < -0.4 is 5.73 Å². The molecule has 0 radical (unpaired) electrons. The van der Waals surface area contributed by atoms with Gasteiger partial charge in [0, 0.05) is 11.4 Å². The summed E-state index contributed by atoms with van der Waals surface area (Å²) < 4.78 is 5.57. The molecule has 0 bridgehead atoms. The van der Waals surface area contributed by atoms with Crippen molar-refractivity contribution in [2.45, 2.75) is 26.1 Å². The molecule has 12 heavy (non-hydrogen) atoms. The van der Waals surface area contributed by atoms with Gasteiger partial charge in [-0.15, -0.1) is 11.3 Å². The van der Waals surface area contributed by atoms with Gasteiger partial charge in [-0.2, -0.15) is 0 Å². The molecule has 68 valence electrons. The summed E-state index contributed by atoms with van der Waals surface area (Å²) in [7, 11) is 0. The lowest BCUT2D eigenvalue weighted by Gasteiger charge is -2.12. The SMILES string of the molecule is CCC(CN)OCc1cccs1. The van der Waals surface area contributed by atoms with Crippen LogP contribution in [-0.4, -0.2) is 12.6 Å². The van der Waals surface area contributed by atoms with Gasteiger partial charge in [0.1, 0.15) is 0 Å². The Morgan fingerprint density at radius 3 is 3.00 bits per heavy atom. The largest absolute Gasteiger partial charge is 0.371 e. The Morgan fingerprint density at radius 2 is 2.50 bits per heavy atom. The van der Waals surface area contributed by atoms with Crippen LogP contribution in [-0.2, 0) is 11.3 Å². The Kier molecular flexibility index (Phi) is 4.29. The molecule has 1 heterocycles. The molecule has 0 amide bonds. The van der Waals surface area contributed by atoms with E-state index in [4.69, 9.17) is 10.5 Å². The van der Waals surface area contributed by atoms with Gasteiger partial charge in [-0.1, -0.05) is 13.0 Å². The van der Waals surface area contributed by atoms with Crippen LogP contribution in [0.5, 0.6) is 0 Å². The van der Waals surface area contributed by atoms with Crippen LogP contribution in [0.2, 0.25) is 0 Å². The normalized spacial score (nSPS) is 13.2. The molecule has 1 atom stereocenters. The molecule has 0 aliphatic rings. The second kappa shape index (κ2) is 5.30. The van der Waals surface area contributed by atoms with E-state index in [9.17, 15) is 0 Å². The summed E-state index contributed by atoms with van der Waals surface area (Å²) in [6.45, 7) is 3.40. The number of hydrogen-bond acceptors (Lipinski definition) is 3. The van der Waals surface area contributed by atoms with Crippen molar-refractivity contribution in [1.82, 2.24) is 0 Å². The van der Waals surface area contributed by atoms with Gasteiger partial charge in [-0.05, 0) is 17.9 Å². The fraction of sp³-hybridized carbons (Fsp3) is 0.556. The summed E-state index contributed by atoms with van der Waals surface area (Å²) in [5, 5.41) is 2.06. The van der Waals surface area contributed by atoms with E-state index in [1.807, 2.05) is 6.07 Å². The molecule has 3 heteroatoms. The van der Waals surface area contributed by atoms with E-state index < -0.39 is 0 Å². The van der Waals surface area contributed by atoms with Gasteiger partial charge in [-0.25, -0.2) is 0 Å². The Labute approximate surface area is 77.3 Å². The first kappa shape index (κ1) is 9.71. The topological polar surface area (TPSA) is 35.2 Å². The lowest BCUT2D eigenvalue weighted by Crippen LogP contribution is -2.22. The summed E-state index contributed by atoms with van der Waals surface area (Å²) in [5.74, 6) is 0. The Balaban J connectivity index is 2.25. The molecule has 2 nitrogen and oxygen atoms in total. The average Bonchev–Trinajstić information content (AvgIpc) is 2.59. The van der Waals surface area contributed by atoms with Gasteiger partial charge >= 0.3 is 0 Å². The fourth-order valence-corrected chi connectivity index (χ4v) is 1.57. The van der Waals surface area contributed by atoms with Crippen LogP contribution in [0, 0.1) is 0 Å². The molecule has 0 aromatic carbocycles. The Bertz CT molecular complexity index is 194. The molecule has 1 aromatic rings. The number of thiophene rings is 1. The molecule has 2 N–H and O–H groups in total. The highest BCUT2D eigenvalue weighted by Gasteiger charge is 2.03. The van der Waals surface area contributed by atoms with Gasteiger partial charge in [-0.3, -0.25) is 0 Å². The van der Waals surface area contributed by atoms with Crippen molar-refractivity contribution in [3.63, 3.8) is 0 Å². The van der Waals surface area contributed by atoms with Crippen LogP contribution in [0.25, 0.3) is 0 Å². The zero-order valence-electron chi connectivity index (χ0n) is 7.32. The van der Waals surface area contributed by atoms with Crippen LogP contribution >= 0.6 is 11.3 Å². The Hall–Kier alpha value is -0.380. The highest BCUT2D eigenvalue weighted by molar-refractivity contribution is 7.09. The van der Waals surface area contributed by atoms with Crippen molar-refractivity contribution in [3.05, 3.63) is 22.4 Å². The van der Waals surface area contributed by atoms with Gasteiger partial charge in [0.05, 0.1) is 12.7 Å². The van der Waals surface area contributed by atoms with Crippen molar-refractivity contribution in [2.75, 3.05) is 6.54 Å². The molecule has 0 saturated carbocycles. The third-order valence-electron chi connectivity index (χ3n) is 1.76. The monoisotopic (exact) mass is 185 g/mol. The molecule has 0 aliphatic carbocycles. The van der Waals surface area contributed by atoms with Crippen molar-refractivity contribution in [3.8, 4) is 0 Å². The predicted molar refractivity (Wildman–Crippen MR) is 52.2 cm³/mol. The lowest BCUT2D eigenvalue weighted by molar-refractivity contribution is 0.0457. The smallest absolute Gasteiger partial charge is 0.0813 e. The number of ether oxygens (including phenoxy) is 1. The van der Waals surface area contributed by atoms with Crippen molar-refractivity contribution in [2.24, 2.45) is 5.73 Å². The highest BCUT2D eigenvalue weighted by Crippen LogP contribution is 2.11. The first-order valence-corrected chi connectivity index (χ1v) is 5.08. The summed E-state index contributed by atoms with van der Waals surface area (Å²) in [6, 6.07) is 4.11. The van der Waals surface area contributed by atoms with Crippen LogP contribution in [0.1, 0.15) is 18.2 Å². The van der Waals surface area contributed by atoms with E-state index in [0.717, 1.165) is 6.42 Å². The third-order valence-corrected chi connectivity index (χ3v) is 2.61. The molecule has 0 aliphatic heterocycles. The molecule has 0 saturated heterocycles. The maximum atomic E-state index is 5.57. The molecular weight excluding hydrogens is 170 g/mol. The van der Waals surface area contributed by atoms with Gasteiger partial charge in [0.2, 0.25) is 0 Å². The maximum absolute atomic E-state index is 5.57. The van der Waals surface area contributed by atoms with E-state index in [0.29, 0.717) is 13.2 Å². The molecule has 1 unspecified atom stereocenters. The average molecular weight is 185 g/mol. The predicted octanol–water partition coefficient (Wildman–Crippen LogP) is 2.00. The minimum atomic E-state index is 0.215. The van der Waals surface area contributed by atoms with Gasteiger partial charge < -0.3 is 10.5 Å². The highest BCUT2D eigenvalue weighted by atomic mass is 32.1. The summed E-state index contributed by atoms with van der Waals surface area (Å²) in [5.41, 5.74) is 5.50. The van der Waals surface area contributed by atoms with Crippen LogP contribution in [0.15, 0.2) is 17.5 Å². The summed E-state index contributed by atoms with van der Waals surface area (Å²) in [6.07, 6.45) is 1.20. The molecule has 1 aromatic heterocycles. The molecular formula is C9H15NOS. The standard InChI is InChI=1S/C9H15NOS/c1-2-8(6-10)11-7-9-4-3-5-12-9/h3-5,8H,2,6-7,10H2,1H3. The van der Waals surface area contributed by atoms with Crippen molar-refractivity contribution < 1.29 is 4.74 Å². The first-order valence-electron chi connectivity index (χ1n) is 4.20. The second-order valence-corrected chi connectivity index (χ2v) is 3.69. The number of hydrogen-bond donors (Lipinski definition) is 1. The second-order valence-electron chi connectivity index (χ2n) is 2.66.